The number of esters is 1. The minimum Gasteiger partial charge on any atom is -0.432 e. The molecule has 1 aliphatic heterocycles. The van der Waals surface area contributed by atoms with Crippen LogP contribution in [0.4, 0.5) is 0 Å². The molecule has 0 aromatic heterocycles. The van der Waals surface area contributed by atoms with E-state index < -0.39 is 5.97 Å². The number of ether oxygens (including phenoxy) is 2. The molecule has 1 aliphatic carbocycles. The van der Waals surface area contributed by atoms with E-state index in [1.807, 2.05) is 0 Å². The van der Waals surface area contributed by atoms with Crippen LogP contribution in [-0.4, -0.2) is 18.4 Å². The van der Waals surface area contributed by atoms with Crippen molar-refractivity contribution < 1.29 is 14.3 Å². The first-order chi connectivity index (χ1) is 7.29. The van der Waals surface area contributed by atoms with E-state index in [0.717, 1.165) is 19.3 Å². The molecule has 3 nitrogen and oxygen atoms in total. The second kappa shape index (κ2) is 4.62. The summed E-state index contributed by atoms with van der Waals surface area (Å²) in [7, 11) is 0. The highest BCUT2D eigenvalue weighted by Gasteiger charge is 2.37. The lowest BCUT2D eigenvalue weighted by Gasteiger charge is -2.40. The van der Waals surface area contributed by atoms with Crippen molar-refractivity contribution in [2.75, 3.05) is 0 Å². The van der Waals surface area contributed by atoms with Gasteiger partial charge in [0.1, 0.15) is 0 Å². The number of hydrogen-bond acceptors (Lipinski definition) is 3. The van der Waals surface area contributed by atoms with E-state index in [1.165, 1.54) is 12.5 Å². The van der Waals surface area contributed by atoms with Gasteiger partial charge in [0.25, 0.3) is 0 Å². The first-order valence-corrected chi connectivity index (χ1v) is 5.43. The summed E-state index contributed by atoms with van der Waals surface area (Å²) in [6, 6.07) is 0. The summed E-state index contributed by atoms with van der Waals surface area (Å²) in [5, 5.41) is 0. The highest BCUT2D eigenvalue weighted by molar-refractivity contribution is 5.81. The first kappa shape index (κ1) is 10.4. The first-order valence-electron chi connectivity index (χ1n) is 5.43. The van der Waals surface area contributed by atoms with E-state index in [-0.39, 0.29) is 12.4 Å². The molecule has 1 fully saturated rings. The molecular formula is C12H16O3. The zero-order valence-corrected chi connectivity index (χ0v) is 8.72. The second-order valence-electron chi connectivity index (χ2n) is 4.03. The van der Waals surface area contributed by atoms with Gasteiger partial charge in [0.2, 0.25) is 6.29 Å². The molecule has 3 atom stereocenters. The Bertz CT molecular complexity index is 277. The largest absolute Gasteiger partial charge is 0.432 e. The highest BCUT2D eigenvalue weighted by Crippen LogP contribution is 2.34. The molecule has 0 saturated carbocycles. The predicted octanol–water partition coefficient (Wildman–Crippen LogP) is 2.19. The Labute approximate surface area is 89.8 Å². The maximum absolute atomic E-state index is 10.9. The molecule has 0 aromatic rings. The number of carbonyl (C=O) groups is 1. The molecule has 0 aromatic carbocycles. The molecule has 1 saturated heterocycles. The SMILES string of the molecule is C=CC(=O)OC1CC(C2CC=CCC2)O1. The van der Waals surface area contributed by atoms with Crippen LogP contribution >= 0.6 is 0 Å². The fraction of sp³-hybridized carbons (Fsp3) is 0.583. The van der Waals surface area contributed by atoms with E-state index in [2.05, 4.69) is 18.7 Å². The second-order valence-corrected chi connectivity index (χ2v) is 4.03. The zero-order valence-electron chi connectivity index (χ0n) is 8.72. The van der Waals surface area contributed by atoms with Crippen molar-refractivity contribution in [3.8, 4) is 0 Å². The lowest BCUT2D eigenvalue weighted by atomic mass is 9.85. The average Bonchev–Trinajstić information content (AvgIpc) is 2.23. The zero-order chi connectivity index (χ0) is 10.7. The van der Waals surface area contributed by atoms with Crippen LogP contribution in [0.5, 0.6) is 0 Å². The Kier molecular flexibility index (Phi) is 3.21. The topological polar surface area (TPSA) is 35.5 Å². The van der Waals surface area contributed by atoms with Crippen molar-refractivity contribution in [3.63, 3.8) is 0 Å². The van der Waals surface area contributed by atoms with Crippen molar-refractivity contribution in [1.29, 1.82) is 0 Å². The molecule has 0 bridgehead atoms. The lowest BCUT2D eigenvalue weighted by molar-refractivity contribution is -0.259. The number of hydrogen-bond donors (Lipinski definition) is 0. The minimum atomic E-state index is -0.401. The van der Waals surface area contributed by atoms with Gasteiger partial charge in [0, 0.05) is 12.5 Å². The fourth-order valence-electron chi connectivity index (χ4n) is 2.09. The third kappa shape index (κ3) is 2.48. The quantitative estimate of drug-likeness (QED) is 0.405. The number of rotatable bonds is 3. The third-order valence-electron chi connectivity index (χ3n) is 3.00. The van der Waals surface area contributed by atoms with Crippen LogP contribution in [0.1, 0.15) is 25.7 Å². The molecule has 2 aliphatic rings. The van der Waals surface area contributed by atoms with E-state index >= 15 is 0 Å². The van der Waals surface area contributed by atoms with E-state index in [1.54, 1.807) is 0 Å². The van der Waals surface area contributed by atoms with Crippen LogP contribution in [0.25, 0.3) is 0 Å². The highest BCUT2D eigenvalue weighted by atomic mass is 16.7. The third-order valence-corrected chi connectivity index (χ3v) is 3.00. The van der Waals surface area contributed by atoms with Gasteiger partial charge >= 0.3 is 5.97 Å². The number of allylic oxidation sites excluding steroid dienone is 2. The Morgan fingerprint density at radius 1 is 1.53 bits per heavy atom. The van der Waals surface area contributed by atoms with Crippen LogP contribution in [0.15, 0.2) is 24.8 Å². The predicted molar refractivity (Wildman–Crippen MR) is 56.0 cm³/mol. The van der Waals surface area contributed by atoms with Crippen molar-refractivity contribution in [1.82, 2.24) is 0 Å². The Balaban J connectivity index is 1.71. The van der Waals surface area contributed by atoms with Gasteiger partial charge in [-0.15, -0.1) is 0 Å². The van der Waals surface area contributed by atoms with Crippen LogP contribution < -0.4 is 0 Å². The van der Waals surface area contributed by atoms with Gasteiger partial charge in [-0.2, -0.15) is 0 Å². The molecule has 0 spiro atoms. The monoisotopic (exact) mass is 208 g/mol. The standard InChI is InChI=1S/C12H16O3/c1-2-11(13)15-12-8-10(14-12)9-6-4-3-5-7-9/h2-4,9-10,12H,1,5-8H2. The summed E-state index contributed by atoms with van der Waals surface area (Å²) in [4.78, 5) is 10.9. The van der Waals surface area contributed by atoms with Crippen LogP contribution in [-0.2, 0) is 14.3 Å². The molecule has 15 heavy (non-hydrogen) atoms. The van der Waals surface area contributed by atoms with Gasteiger partial charge in [-0.05, 0) is 25.2 Å². The lowest BCUT2D eigenvalue weighted by Crippen LogP contribution is -2.44. The van der Waals surface area contributed by atoms with Gasteiger partial charge in [-0.1, -0.05) is 18.7 Å². The molecule has 3 heteroatoms. The number of carbonyl (C=O) groups excluding carboxylic acids is 1. The van der Waals surface area contributed by atoms with Gasteiger partial charge < -0.3 is 9.47 Å². The van der Waals surface area contributed by atoms with Crippen LogP contribution in [0, 0.1) is 5.92 Å². The van der Waals surface area contributed by atoms with Crippen molar-refractivity contribution >= 4 is 5.97 Å². The van der Waals surface area contributed by atoms with Crippen LogP contribution in [0.2, 0.25) is 0 Å². The summed E-state index contributed by atoms with van der Waals surface area (Å²) < 4.78 is 10.5. The van der Waals surface area contributed by atoms with E-state index in [9.17, 15) is 4.79 Å². The van der Waals surface area contributed by atoms with Crippen molar-refractivity contribution in [3.05, 3.63) is 24.8 Å². The maximum atomic E-state index is 10.9. The van der Waals surface area contributed by atoms with Gasteiger partial charge in [-0.3, -0.25) is 0 Å². The molecule has 3 unspecified atom stereocenters. The van der Waals surface area contributed by atoms with Crippen molar-refractivity contribution in [2.45, 2.75) is 38.1 Å². The summed E-state index contributed by atoms with van der Waals surface area (Å²) in [6.07, 6.45) is 9.77. The molecule has 82 valence electrons. The van der Waals surface area contributed by atoms with Gasteiger partial charge in [0.15, 0.2) is 0 Å². The normalized spacial score (nSPS) is 34.3. The van der Waals surface area contributed by atoms with Crippen molar-refractivity contribution in [2.24, 2.45) is 5.92 Å². The van der Waals surface area contributed by atoms with Gasteiger partial charge in [0.05, 0.1) is 6.10 Å². The summed E-state index contributed by atoms with van der Waals surface area (Å²) >= 11 is 0. The Hall–Kier alpha value is -1.09. The summed E-state index contributed by atoms with van der Waals surface area (Å²) in [5.74, 6) is 0.204. The van der Waals surface area contributed by atoms with E-state index in [4.69, 9.17) is 9.47 Å². The Morgan fingerprint density at radius 2 is 2.33 bits per heavy atom. The van der Waals surface area contributed by atoms with Crippen LogP contribution in [0.3, 0.4) is 0 Å². The smallest absolute Gasteiger partial charge is 0.332 e. The summed E-state index contributed by atoms with van der Waals surface area (Å²) in [5.41, 5.74) is 0. The molecule has 0 amide bonds. The van der Waals surface area contributed by atoms with E-state index in [0.29, 0.717) is 5.92 Å². The molecule has 0 radical (unpaired) electrons. The van der Waals surface area contributed by atoms with Gasteiger partial charge in [-0.25, -0.2) is 4.79 Å². The molecule has 2 rings (SSSR count). The summed E-state index contributed by atoms with van der Waals surface area (Å²) in [6.45, 7) is 3.34. The molecular weight excluding hydrogens is 192 g/mol. The minimum absolute atomic E-state index is 0.276. The maximum Gasteiger partial charge on any atom is 0.332 e. The molecule has 0 N–H and O–H groups in total. The molecule has 1 heterocycles. The fourth-order valence-corrected chi connectivity index (χ4v) is 2.09. The average molecular weight is 208 g/mol. The Morgan fingerprint density at radius 3 is 2.93 bits per heavy atom.